The number of thioether (sulfide) groups is 1. The van der Waals surface area contributed by atoms with Gasteiger partial charge >= 0.3 is 5.97 Å². The van der Waals surface area contributed by atoms with Gasteiger partial charge in [-0.05, 0) is 29.8 Å². The molecule has 1 fully saturated rings. The second-order valence-electron chi connectivity index (χ2n) is 5.61. The molecule has 2 aromatic rings. The van der Waals surface area contributed by atoms with Crippen molar-refractivity contribution in [1.29, 1.82) is 0 Å². The van der Waals surface area contributed by atoms with Gasteiger partial charge in [0.1, 0.15) is 10.9 Å². The van der Waals surface area contributed by atoms with Crippen LogP contribution in [-0.2, 0) is 9.59 Å². The monoisotopic (exact) mass is 398 g/mol. The normalized spacial score (nSPS) is 15.3. The van der Waals surface area contributed by atoms with Gasteiger partial charge < -0.3 is 10.4 Å². The molecule has 1 aliphatic heterocycles. The molecule has 1 heterocycles. The van der Waals surface area contributed by atoms with E-state index in [4.69, 9.17) is 17.3 Å². The van der Waals surface area contributed by atoms with Crippen LogP contribution in [0.4, 0.5) is 5.69 Å². The predicted molar refractivity (Wildman–Crippen MR) is 108 cm³/mol. The number of hydrogen-bond donors (Lipinski definition) is 2. The van der Waals surface area contributed by atoms with Gasteiger partial charge in [-0.15, -0.1) is 0 Å². The van der Waals surface area contributed by atoms with Gasteiger partial charge in [-0.1, -0.05) is 60.4 Å². The molecule has 2 N–H and O–H groups in total. The van der Waals surface area contributed by atoms with Crippen LogP contribution in [-0.4, -0.2) is 38.7 Å². The smallest absolute Gasteiger partial charge is 0.335 e. The molecule has 0 aromatic heterocycles. The Balaban J connectivity index is 1.68. The summed E-state index contributed by atoms with van der Waals surface area (Å²) in [4.78, 5) is 37.5. The molecule has 1 saturated heterocycles. The molecule has 2 amide bonds. The number of nitrogens with one attached hydrogen (secondary N) is 1. The first kappa shape index (κ1) is 18.8. The molecule has 2 aromatic carbocycles. The van der Waals surface area contributed by atoms with Crippen LogP contribution >= 0.6 is 24.0 Å². The van der Waals surface area contributed by atoms with E-state index in [0.717, 1.165) is 17.3 Å². The highest BCUT2D eigenvalue weighted by molar-refractivity contribution is 8.26. The van der Waals surface area contributed by atoms with E-state index >= 15 is 0 Å². The molecule has 0 unspecified atom stereocenters. The number of carbonyl (C=O) groups excluding carboxylic acids is 2. The number of carboxylic acids is 1. The first-order valence-electron chi connectivity index (χ1n) is 7.87. The van der Waals surface area contributed by atoms with E-state index in [1.165, 1.54) is 23.1 Å². The minimum absolute atomic E-state index is 0.0594. The Morgan fingerprint density at radius 2 is 1.89 bits per heavy atom. The Hall–Kier alpha value is -2.97. The SMILES string of the molecule is O=C(CN1C(=O)/C(=C/c2ccccc2)SC1=S)Nc1cccc(C(=O)O)c1. The zero-order valence-corrected chi connectivity index (χ0v) is 15.5. The van der Waals surface area contributed by atoms with E-state index in [-0.39, 0.29) is 18.0 Å². The van der Waals surface area contributed by atoms with Crippen molar-refractivity contribution in [3.63, 3.8) is 0 Å². The fourth-order valence-electron chi connectivity index (χ4n) is 2.41. The number of aromatic carboxylic acids is 1. The van der Waals surface area contributed by atoms with E-state index in [0.29, 0.717) is 14.9 Å². The van der Waals surface area contributed by atoms with Gasteiger partial charge in [-0.2, -0.15) is 0 Å². The Bertz CT molecular complexity index is 957. The molecule has 0 spiro atoms. The van der Waals surface area contributed by atoms with Crippen LogP contribution in [0.3, 0.4) is 0 Å². The summed E-state index contributed by atoms with van der Waals surface area (Å²) in [5.41, 5.74) is 1.27. The summed E-state index contributed by atoms with van der Waals surface area (Å²) in [7, 11) is 0. The van der Waals surface area contributed by atoms with Crippen LogP contribution in [0, 0.1) is 0 Å². The largest absolute Gasteiger partial charge is 0.478 e. The Morgan fingerprint density at radius 1 is 1.15 bits per heavy atom. The summed E-state index contributed by atoms with van der Waals surface area (Å²) in [6.45, 7) is -0.242. The lowest BCUT2D eigenvalue weighted by atomic mass is 10.2. The Morgan fingerprint density at radius 3 is 2.59 bits per heavy atom. The van der Waals surface area contributed by atoms with Crippen LogP contribution in [0.2, 0.25) is 0 Å². The molecular weight excluding hydrogens is 384 g/mol. The van der Waals surface area contributed by atoms with Gasteiger partial charge in [0.05, 0.1) is 10.5 Å². The summed E-state index contributed by atoms with van der Waals surface area (Å²) in [5.74, 6) is -1.88. The zero-order chi connectivity index (χ0) is 19.4. The molecule has 0 saturated carbocycles. The maximum absolute atomic E-state index is 12.5. The predicted octanol–water partition coefficient (Wildman–Crippen LogP) is 3.22. The molecule has 27 heavy (non-hydrogen) atoms. The molecule has 136 valence electrons. The molecule has 6 nitrogen and oxygen atoms in total. The fraction of sp³-hybridized carbons (Fsp3) is 0.0526. The zero-order valence-electron chi connectivity index (χ0n) is 13.9. The number of nitrogens with zero attached hydrogens (tertiary/aromatic N) is 1. The van der Waals surface area contributed by atoms with Crippen molar-refractivity contribution in [2.24, 2.45) is 0 Å². The summed E-state index contributed by atoms with van der Waals surface area (Å²) in [5, 5.41) is 11.6. The molecule has 0 aliphatic carbocycles. The summed E-state index contributed by atoms with van der Waals surface area (Å²) in [6.07, 6.45) is 1.73. The van der Waals surface area contributed by atoms with Crippen molar-refractivity contribution < 1.29 is 19.5 Å². The number of benzene rings is 2. The van der Waals surface area contributed by atoms with E-state index in [9.17, 15) is 14.4 Å². The lowest BCUT2D eigenvalue weighted by molar-refractivity contribution is -0.126. The molecule has 1 aliphatic rings. The second kappa shape index (κ2) is 8.15. The minimum Gasteiger partial charge on any atom is -0.478 e. The van der Waals surface area contributed by atoms with Crippen molar-refractivity contribution in [3.8, 4) is 0 Å². The quantitative estimate of drug-likeness (QED) is 0.594. The standard InChI is InChI=1S/C19H14N2O4S2/c22-16(20-14-8-4-7-13(10-14)18(24)25)11-21-17(23)15(27-19(21)26)9-12-5-2-1-3-6-12/h1-10H,11H2,(H,20,22)(H,24,25)/b15-9-. The van der Waals surface area contributed by atoms with E-state index < -0.39 is 11.9 Å². The van der Waals surface area contributed by atoms with Crippen molar-refractivity contribution in [2.75, 3.05) is 11.9 Å². The number of hydrogen-bond acceptors (Lipinski definition) is 5. The van der Waals surface area contributed by atoms with Gasteiger partial charge in [0.25, 0.3) is 5.91 Å². The van der Waals surface area contributed by atoms with Crippen LogP contribution in [0.25, 0.3) is 6.08 Å². The number of thiocarbonyl (C=S) groups is 1. The second-order valence-corrected chi connectivity index (χ2v) is 7.29. The molecule has 3 rings (SSSR count). The fourth-order valence-corrected chi connectivity index (χ4v) is 3.67. The number of anilines is 1. The highest BCUT2D eigenvalue weighted by Gasteiger charge is 2.33. The molecule has 0 bridgehead atoms. The third-order valence-corrected chi connectivity index (χ3v) is 5.04. The Kier molecular flexibility index (Phi) is 5.68. The van der Waals surface area contributed by atoms with Crippen molar-refractivity contribution in [1.82, 2.24) is 4.90 Å². The third-order valence-electron chi connectivity index (χ3n) is 3.67. The summed E-state index contributed by atoms with van der Waals surface area (Å²) >= 11 is 6.36. The maximum atomic E-state index is 12.5. The number of carboxylic acid groups (broad SMARTS) is 1. The lowest BCUT2D eigenvalue weighted by Gasteiger charge is -2.14. The number of amides is 2. The minimum atomic E-state index is -1.09. The van der Waals surface area contributed by atoms with E-state index in [2.05, 4.69) is 5.32 Å². The maximum Gasteiger partial charge on any atom is 0.335 e. The van der Waals surface area contributed by atoms with Gasteiger partial charge in [0.2, 0.25) is 5.91 Å². The average molecular weight is 398 g/mol. The van der Waals surface area contributed by atoms with Crippen LogP contribution in [0.5, 0.6) is 0 Å². The van der Waals surface area contributed by atoms with E-state index in [1.54, 1.807) is 12.1 Å². The molecule has 0 radical (unpaired) electrons. The van der Waals surface area contributed by atoms with Crippen molar-refractivity contribution >= 4 is 57.8 Å². The van der Waals surface area contributed by atoms with E-state index in [1.807, 2.05) is 30.3 Å². The lowest BCUT2D eigenvalue weighted by Crippen LogP contribution is -2.36. The molecule has 0 atom stereocenters. The Labute approximate surface area is 164 Å². The first-order chi connectivity index (χ1) is 12.9. The first-order valence-corrected chi connectivity index (χ1v) is 9.10. The van der Waals surface area contributed by atoms with Gasteiger partial charge in [0, 0.05) is 5.69 Å². The van der Waals surface area contributed by atoms with Crippen LogP contribution in [0.15, 0.2) is 59.5 Å². The number of rotatable bonds is 5. The third kappa shape index (κ3) is 4.60. The molecular formula is C19H14N2O4S2. The topological polar surface area (TPSA) is 86.7 Å². The van der Waals surface area contributed by atoms with Gasteiger partial charge in [-0.3, -0.25) is 14.5 Å². The highest BCUT2D eigenvalue weighted by atomic mass is 32.2. The summed E-state index contributed by atoms with van der Waals surface area (Å²) < 4.78 is 0.302. The summed E-state index contributed by atoms with van der Waals surface area (Å²) in [6, 6.07) is 15.2. The highest BCUT2D eigenvalue weighted by Crippen LogP contribution is 2.32. The van der Waals surface area contributed by atoms with Crippen molar-refractivity contribution in [2.45, 2.75) is 0 Å². The van der Waals surface area contributed by atoms with Crippen LogP contribution in [0.1, 0.15) is 15.9 Å². The number of carbonyl (C=O) groups is 3. The van der Waals surface area contributed by atoms with Crippen LogP contribution < -0.4 is 5.32 Å². The van der Waals surface area contributed by atoms with Crippen molar-refractivity contribution in [3.05, 3.63) is 70.6 Å². The van der Waals surface area contributed by atoms with Gasteiger partial charge in [-0.25, -0.2) is 4.79 Å². The molecule has 8 heteroatoms. The van der Waals surface area contributed by atoms with Gasteiger partial charge in [0.15, 0.2) is 0 Å². The average Bonchev–Trinajstić information content (AvgIpc) is 2.90.